The monoisotopic (exact) mass is 263 g/mol. The molecule has 19 heavy (non-hydrogen) atoms. The number of carbonyl (C=O) groups is 2. The number of likely N-dealkylation sites (tertiary alicyclic amines) is 2. The van der Waals surface area contributed by atoms with E-state index in [0.29, 0.717) is 30.4 Å². The third-order valence-electron chi connectivity index (χ3n) is 4.18. The summed E-state index contributed by atoms with van der Waals surface area (Å²) in [6.07, 6.45) is 0.967. The van der Waals surface area contributed by atoms with Crippen molar-refractivity contribution in [1.82, 2.24) is 25.2 Å². The first-order chi connectivity index (χ1) is 9.08. The van der Waals surface area contributed by atoms with E-state index < -0.39 is 0 Å². The number of piperidine rings is 1. The van der Waals surface area contributed by atoms with Crippen molar-refractivity contribution in [1.29, 1.82) is 0 Å². The first-order valence-electron chi connectivity index (χ1n) is 6.49. The van der Waals surface area contributed by atoms with Crippen molar-refractivity contribution in [2.45, 2.75) is 13.3 Å². The normalized spacial score (nSPS) is 26.7. The summed E-state index contributed by atoms with van der Waals surface area (Å²) in [6, 6.07) is 0. The standard InChI is InChI=1S/C12H17N5O2/c1-7-10(14-15-13-7)12(19)17-5-8-3-4-16(2)11(18)9(8)6-17/h8-9H,3-6H2,1-2H3,(H,13,14,15)/t8-,9+/m1/s1. The number of hydrogen-bond acceptors (Lipinski definition) is 4. The predicted molar refractivity (Wildman–Crippen MR) is 66.3 cm³/mol. The highest BCUT2D eigenvalue weighted by Crippen LogP contribution is 2.32. The van der Waals surface area contributed by atoms with Gasteiger partial charge < -0.3 is 9.80 Å². The second-order valence-corrected chi connectivity index (χ2v) is 5.38. The van der Waals surface area contributed by atoms with Gasteiger partial charge in [-0.15, -0.1) is 0 Å². The highest BCUT2D eigenvalue weighted by atomic mass is 16.2. The zero-order valence-electron chi connectivity index (χ0n) is 11.1. The lowest BCUT2D eigenvalue weighted by molar-refractivity contribution is -0.137. The van der Waals surface area contributed by atoms with E-state index in [9.17, 15) is 9.59 Å². The van der Waals surface area contributed by atoms with Crippen molar-refractivity contribution in [3.63, 3.8) is 0 Å². The highest BCUT2D eigenvalue weighted by Gasteiger charge is 2.43. The summed E-state index contributed by atoms with van der Waals surface area (Å²) in [6.45, 7) is 3.68. The van der Waals surface area contributed by atoms with E-state index in [2.05, 4.69) is 15.4 Å². The molecule has 3 rings (SSSR count). The van der Waals surface area contributed by atoms with Crippen LogP contribution in [0, 0.1) is 18.8 Å². The molecule has 2 saturated heterocycles. The van der Waals surface area contributed by atoms with Crippen LogP contribution in [0.2, 0.25) is 0 Å². The number of aryl methyl sites for hydroxylation is 1. The SMILES string of the molecule is Cc1n[nH]nc1C(=O)N1C[C@H]2CCN(C)C(=O)[C@H]2C1. The molecule has 2 fully saturated rings. The Morgan fingerprint density at radius 1 is 1.37 bits per heavy atom. The average Bonchev–Trinajstić information content (AvgIpc) is 2.99. The van der Waals surface area contributed by atoms with E-state index in [-0.39, 0.29) is 17.7 Å². The molecule has 102 valence electrons. The maximum atomic E-state index is 12.3. The molecule has 7 heteroatoms. The van der Waals surface area contributed by atoms with Crippen molar-refractivity contribution in [3.05, 3.63) is 11.4 Å². The topological polar surface area (TPSA) is 82.2 Å². The van der Waals surface area contributed by atoms with Crippen LogP contribution >= 0.6 is 0 Å². The van der Waals surface area contributed by atoms with E-state index in [1.807, 2.05) is 7.05 Å². The molecule has 0 unspecified atom stereocenters. The molecule has 0 radical (unpaired) electrons. The lowest BCUT2D eigenvalue weighted by Gasteiger charge is -2.30. The highest BCUT2D eigenvalue weighted by molar-refractivity contribution is 5.94. The van der Waals surface area contributed by atoms with E-state index in [4.69, 9.17) is 0 Å². The number of aromatic amines is 1. The van der Waals surface area contributed by atoms with Crippen molar-refractivity contribution in [2.75, 3.05) is 26.7 Å². The molecule has 1 aromatic rings. The van der Waals surface area contributed by atoms with Gasteiger partial charge in [0.05, 0.1) is 11.6 Å². The van der Waals surface area contributed by atoms with Gasteiger partial charge in [-0.1, -0.05) is 0 Å². The number of nitrogens with zero attached hydrogens (tertiary/aromatic N) is 4. The van der Waals surface area contributed by atoms with Gasteiger partial charge in [-0.05, 0) is 19.3 Å². The van der Waals surface area contributed by atoms with Crippen LogP contribution in [0.1, 0.15) is 22.6 Å². The van der Waals surface area contributed by atoms with Gasteiger partial charge in [-0.25, -0.2) is 0 Å². The molecule has 1 aromatic heterocycles. The summed E-state index contributed by atoms with van der Waals surface area (Å²) in [5.74, 6) is 0.272. The zero-order valence-corrected chi connectivity index (χ0v) is 11.1. The van der Waals surface area contributed by atoms with Gasteiger partial charge in [0.1, 0.15) is 0 Å². The molecule has 2 amide bonds. The summed E-state index contributed by atoms with van der Waals surface area (Å²) < 4.78 is 0. The Hall–Kier alpha value is -1.92. The quantitative estimate of drug-likeness (QED) is 0.751. The van der Waals surface area contributed by atoms with Crippen molar-refractivity contribution in [3.8, 4) is 0 Å². The third kappa shape index (κ3) is 1.89. The number of carbonyl (C=O) groups excluding carboxylic acids is 2. The molecular weight excluding hydrogens is 246 g/mol. The van der Waals surface area contributed by atoms with E-state index in [0.717, 1.165) is 13.0 Å². The molecule has 2 aliphatic heterocycles. The van der Waals surface area contributed by atoms with Crippen molar-refractivity contribution >= 4 is 11.8 Å². The molecular formula is C12H17N5O2. The molecule has 1 N–H and O–H groups in total. The molecule has 0 bridgehead atoms. The smallest absolute Gasteiger partial charge is 0.276 e. The van der Waals surface area contributed by atoms with Crippen LogP contribution < -0.4 is 0 Å². The van der Waals surface area contributed by atoms with Crippen LogP contribution in [-0.4, -0.2) is 63.7 Å². The Labute approximate surface area is 110 Å². The fourth-order valence-electron chi connectivity index (χ4n) is 3.00. The van der Waals surface area contributed by atoms with Crippen molar-refractivity contribution < 1.29 is 9.59 Å². The Morgan fingerprint density at radius 3 is 2.84 bits per heavy atom. The number of nitrogens with one attached hydrogen (secondary N) is 1. The zero-order chi connectivity index (χ0) is 13.6. The van der Waals surface area contributed by atoms with Crippen LogP contribution in [0.4, 0.5) is 0 Å². The Morgan fingerprint density at radius 2 is 2.16 bits per heavy atom. The molecule has 3 heterocycles. The summed E-state index contributed by atoms with van der Waals surface area (Å²) in [5.41, 5.74) is 0.961. The maximum absolute atomic E-state index is 12.3. The summed E-state index contributed by atoms with van der Waals surface area (Å²) in [5, 5.41) is 10.2. The number of aromatic nitrogens is 3. The molecule has 7 nitrogen and oxygen atoms in total. The van der Waals surface area contributed by atoms with Crippen LogP contribution in [0.25, 0.3) is 0 Å². The minimum Gasteiger partial charge on any atom is -0.345 e. The minimum atomic E-state index is -0.129. The molecule has 0 aromatic carbocycles. The van der Waals surface area contributed by atoms with Crippen LogP contribution in [0.3, 0.4) is 0 Å². The molecule has 0 aliphatic carbocycles. The minimum absolute atomic E-state index is 0.0464. The Bertz CT molecular complexity index is 526. The van der Waals surface area contributed by atoms with E-state index in [1.165, 1.54) is 0 Å². The van der Waals surface area contributed by atoms with Gasteiger partial charge in [0.2, 0.25) is 5.91 Å². The summed E-state index contributed by atoms with van der Waals surface area (Å²) in [7, 11) is 1.82. The average molecular weight is 263 g/mol. The Balaban J connectivity index is 1.77. The number of rotatable bonds is 1. The molecule has 0 saturated carbocycles. The van der Waals surface area contributed by atoms with E-state index >= 15 is 0 Å². The van der Waals surface area contributed by atoms with Crippen molar-refractivity contribution in [2.24, 2.45) is 11.8 Å². The fourth-order valence-corrected chi connectivity index (χ4v) is 3.00. The number of fused-ring (bicyclic) bond motifs is 1. The van der Waals surface area contributed by atoms with Gasteiger partial charge in [0.25, 0.3) is 5.91 Å². The van der Waals surface area contributed by atoms with Crippen LogP contribution in [0.5, 0.6) is 0 Å². The third-order valence-corrected chi connectivity index (χ3v) is 4.18. The lowest BCUT2D eigenvalue weighted by atomic mass is 9.88. The number of hydrogen-bond donors (Lipinski definition) is 1. The fraction of sp³-hybridized carbons (Fsp3) is 0.667. The van der Waals surface area contributed by atoms with Crippen LogP contribution in [0.15, 0.2) is 0 Å². The first kappa shape index (κ1) is 12.1. The second kappa shape index (κ2) is 4.32. The lowest BCUT2D eigenvalue weighted by Crippen LogP contribution is -2.42. The second-order valence-electron chi connectivity index (χ2n) is 5.38. The molecule has 2 atom stereocenters. The molecule has 2 aliphatic rings. The Kier molecular flexibility index (Phi) is 2.76. The van der Waals surface area contributed by atoms with Gasteiger partial charge >= 0.3 is 0 Å². The number of H-pyrrole nitrogens is 1. The molecule has 0 spiro atoms. The van der Waals surface area contributed by atoms with E-state index in [1.54, 1.807) is 16.7 Å². The number of amides is 2. The summed E-state index contributed by atoms with van der Waals surface area (Å²) in [4.78, 5) is 27.9. The van der Waals surface area contributed by atoms with Gasteiger partial charge in [0.15, 0.2) is 5.69 Å². The van der Waals surface area contributed by atoms with Gasteiger partial charge in [0, 0.05) is 26.7 Å². The van der Waals surface area contributed by atoms with Crippen LogP contribution in [-0.2, 0) is 4.79 Å². The van der Waals surface area contributed by atoms with Gasteiger partial charge in [-0.2, -0.15) is 15.4 Å². The summed E-state index contributed by atoms with van der Waals surface area (Å²) >= 11 is 0. The maximum Gasteiger partial charge on any atom is 0.276 e. The van der Waals surface area contributed by atoms with Gasteiger partial charge in [-0.3, -0.25) is 9.59 Å². The largest absolute Gasteiger partial charge is 0.345 e. The first-order valence-corrected chi connectivity index (χ1v) is 6.49. The predicted octanol–water partition coefficient (Wildman–Crippen LogP) is -0.337.